The predicted molar refractivity (Wildman–Crippen MR) is 50.3 cm³/mol. The summed E-state index contributed by atoms with van der Waals surface area (Å²) in [6.07, 6.45) is 1.36. The molecule has 0 atom stereocenters. The molecule has 0 amide bonds. The lowest BCUT2D eigenvalue weighted by atomic mass is 10.4. The van der Waals surface area contributed by atoms with E-state index in [1.54, 1.807) is 13.8 Å². The molecule has 0 aromatic rings. The second kappa shape index (κ2) is 8.50. The minimum absolute atomic E-state index is 0.212. The highest BCUT2D eigenvalue weighted by Crippen LogP contribution is 1.87. The first-order chi connectivity index (χ1) is 6.70. The number of carbonyl (C=O) groups excluding carboxylic acids is 2. The van der Waals surface area contributed by atoms with Crippen molar-refractivity contribution in [2.45, 2.75) is 33.1 Å². The SMILES string of the molecule is CCC(=O)OCCCNOC(=O)CC. The van der Waals surface area contributed by atoms with Crippen LogP contribution in [0.1, 0.15) is 33.1 Å². The van der Waals surface area contributed by atoms with Crippen molar-refractivity contribution in [3.63, 3.8) is 0 Å². The highest BCUT2D eigenvalue weighted by atomic mass is 16.7. The summed E-state index contributed by atoms with van der Waals surface area (Å²) in [5, 5.41) is 0. The van der Waals surface area contributed by atoms with Crippen LogP contribution in [0.3, 0.4) is 0 Å². The lowest BCUT2D eigenvalue weighted by molar-refractivity contribution is -0.151. The predicted octanol–water partition coefficient (Wildman–Crippen LogP) is 0.787. The Morgan fingerprint density at radius 2 is 1.79 bits per heavy atom. The fourth-order valence-corrected chi connectivity index (χ4v) is 0.636. The first-order valence-corrected chi connectivity index (χ1v) is 4.78. The fourth-order valence-electron chi connectivity index (χ4n) is 0.636. The van der Waals surface area contributed by atoms with Crippen molar-refractivity contribution in [3.8, 4) is 0 Å². The summed E-state index contributed by atoms with van der Waals surface area (Å²) in [5.74, 6) is -0.508. The zero-order chi connectivity index (χ0) is 10.8. The first kappa shape index (κ1) is 12.9. The maximum atomic E-state index is 10.7. The van der Waals surface area contributed by atoms with Crippen LogP contribution in [0.25, 0.3) is 0 Å². The molecule has 0 heterocycles. The van der Waals surface area contributed by atoms with E-state index < -0.39 is 0 Å². The number of esters is 1. The fraction of sp³-hybridized carbons (Fsp3) is 0.778. The van der Waals surface area contributed by atoms with Crippen molar-refractivity contribution in [3.05, 3.63) is 0 Å². The highest BCUT2D eigenvalue weighted by molar-refractivity contribution is 5.69. The summed E-state index contributed by atoms with van der Waals surface area (Å²) >= 11 is 0. The van der Waals surface area contributed by atoms with Gasteiger partial charge < -0.3 is 9.57 Å². The third-order valence-electron chi connectivity index (χ3n) is 1.45. The van der Waals surface area contributed by atoms with Gasteiger partial charge in [-0.2, -0.15) is 5.48 Å². The van der Waals surface area contributed by atoms with Crippen LogP contribution in [0.2, 0.25) is 0 Å². The second-order valence-corrected chi connectivity index (χ2v) is 2.65. The molecule has 0 saturated carbocycles. The van der Waals surface area contributed by atoms with Crippen LogP contribution >= 0.6 is 0 Å². The molecule has 0 aliphatic rings. The summed E-state index contributed by atoms with van der Waals surface area (Å²) in [6, 6.07) is 0. The van der Waals surface area contributed by atoms with Gasteiger partial charge in [-0.15, -0.1) is 0 Å². The number of nitrogens with one attached hydrogen (secondary N) is 1. The average molecular weight is 203 g/mol. The number of rotatable bonds is 7. The smallest absolute Gasteiger partial charge is 0.324 e. The molecule has 0 aliphatic heterocycles. The largest absolute Gasteiger partial charge is 0.466 e. The molecule has 0 spiro atoms. The van der Waals surface area contributed by atoms with E-state index in [1.807, 2.05) is 0 Å². The molecular formula is C9H17NO4. The van der Waals surface area contributed by atoms with Crippen molar-refractivity contribution >= 4 is 11.9 Å². The Morgan fingerprint density at radius 3 is 2.36 bits per heavy atom. The van der Waals surface area contributed by atoms with E-state index in [2.05, 4.69) is 10.3 Å². The Labute approximate surface area is 83.7 Å². The number of hydrogen-bond acceptors (Lipinski definition) is 5. The van der Waals surface area contributed by atoms with Gasteiger partial charge in [-0.1, -0.05) is 13.8 Å². The second-order valence-electron chi connectivity index (χ2n) is 2.65. The quantitative estimate of drug-likeness (QED) is 0.376. The van der Waals surface area contributed by atoms with E-state index in [9.17, 15) is 9.59 Å². The molecule has 5 heteroatoms. The van der Waals surface area contributed by atoms with E-state index in [4.69, 9.17) is 4.74 Å². The first-order valence-electron chi connectivity index (χ1n) is 4.78. The minimum Gasteiger partial charge on any atom is -0.466 e. The van der Waals surface area contributed by atoms with Crippen molar-refractivity contribution in [2.75, 3.05) is 13.2 Å². The van der Waals surface area contributed by atoms with Gasteiger partial charge in [0.05, 0.1) is 6.61 Å². The van der Waals surface area contributed by atoms with Crippen LogP contribution in [-0.4, -0.2) is 25.1 Å². The molecular weight excluding hydrogens is 186 g/mol. The van der Waals surface area contributed by atoms with Gasteiger partial charge in [0.15, 0.2) is 0 Å². The summed E-state index contributed by atoms with van der Waals surface area (Å²) in [7, 11) is 0. The molecule has 0 aromatic carbocycles. The summed E-state index contributed by atoms with van der Waals surface area (Å²) in [5.41, 5.74) is 2.49. The Balaban J connectivity index is 3.14. The lowest BCUT2D eigenvalue weighted by Crippen LogP contribution is -2.21. The molecule has 0 bridgehead atoms. The van der Waals surface area contributed by atoms with Crippen LogP contribution in [0.15, 0.2) is 0 Å². The zero-order valence-electron chi connectivity index (χ0n) is 8.67. The number of hydrogen-bond donors (Lipinski definition) is 1. The standard InChI is InChI=1S/C9H17NO4/c1-3-8(11)13-7-5-6-10-14-9(12)4-2/h10H,3-7H2,1-2H3. The van der Waals surface area contributed by atoms with Crippen LogP contribution in [-0.2, 0) is 19.2 Å². The molecule has 0 rings (SSSR count). The van der Waals surface area contributed by atoms with Crippen LogP contribution in [0, 0.1) is 0 Å². The van der Waals surface area contributed by atoms with Crippen LogP contribution in [0.4, 0.5) is 0 Å². The third-order valence-corrected chi connectivity index (χ3v) is 1.45. The van der Waals surface area contributed by atoms with Crippen LogP contribution < -0.4 is 5.48 Å². The van der Waals surface area contributed by atoms with Gasteiger partial charge in [-0.25, -0.2) is 0 Å². The maximum absolute atomic E-state index is 10.7. The number of carbonyl (C=O) groups is 2. The molecule has 82 valence electrons. The summed E-state index contributed by atoms with van der Waals surface area (Å²) in [6.45, 7) is 4.29. The van der Waals surface area contributed by atoms with Gasteiger partial charge >= 0.3 is 11.9 Å². The summed E-state index contributed by atoms with van der Waals surface area (Å²) in [4.78, 5) is 25.9. The Hall–Kier alpha value is -1.10. The molecule has 0 saturated heterocycles. The molecule has 0 fully saturated rings. The number of hydroxylamine groups is 1. The Morgan fingerprint density at radius 1 is 1.14 bits per heavy atom. The van der Waals surface area contributed by atoms with E-state index in [0.717, 1.165) is 0 Å². The molecule has 0 unspecified atom stereocenters. The van der Waals surface area contributed by atoms with Gasteiger partial charge in [0.1, 0.15) is 0 Å². The minimum atomic E-state index is -0.296. The number of ether oxygens (including phenoxy) is 1. The summed E-state index contributed by atoms with van der Waals surface area (Å²) < 4.78 is 4.81. The van der Waals surface area contributed by atoms with E-state index in [0.29, 0.717) is 32.4 Å². The Bertz CT molecular complexity index is 162. The van der Waals surface area contributed by atoms with Gasteiger partial charge in [0, 0.05) is 19.4 Å². The lowest BCUT2D eigenvalue weighted by Gasteiger charge is -2.04. The van der Waals surface area contributed by atoms with Gasteiger partial charge in [0.2, 0.25) is 0 Å². The van der Waals surface area contributed by atoms with Gasteiger partial charge in [-0.3, -0.25) is 9.59 Å². The topological polar surface area (TPSA) is 64.6 Å². The highest BCUT2D eigenvalue weighted by Gasteiger charge is 1.99. The molecule has 0 radical (unpaired) electrons. The van der Waals surface area contributed by atoms with E-state index in [-0.39, 0.29) is 11.9 Å². The van der Waals surface area contributed by atoms with Crippen LogP contribution in [0.5, 0.6) is 0 Å². The van der Waals surface area contributed by atoms with Crippen molar-refractivity contribution < 1.29 is 19.2 Å². The Kier molecular flexibility index (Phi) is 7.83. The molecule has 0 aromatic heterocycles. The normalized spacial score (nSPS) is 9.57. The maximum Gasteiger partial charge on any atom is 0.324 e. The van der Waals surface area contributed by atoms with Crippen molar-refractivity contribution in [1.82, 2.24) is 5.48 Å². The molecule has 0 aliphatic carbocycles. The third kappa shape index (κ3) is 7.54. The average Bonchev–Trinajstić information content (AvgIpc) is 2.22. The monoisotopic (exact) mass is 203 g/mol. The molecule has 14 heavy (non-hydrogen) atoms. The van der Waals surface area contributed by atoms with Crippen molar-refractivity contribution in [1.29, 1.82) is 0 Å². The molecule has 5 nitrogen and oxygen atoms in total. The molecule has 1 N–H and O–H groups in total. The van der Waals surface area contributed by atoms with E-state index >= 15 is 0 Å². The zero-order valence-corrected chi connectivity index (χ0v) is 8.67. The van der Waals surface area contributed by atoms with Crippen molar-refractivity contribution in [2.24, 2.45) is 0 Å². The van der Waals surface area contributed by atoms with Gasteiger partial charge in [0.25, 0.3) is 0 Å². The van der Waals surface area contributed by atoms with E-state index in [1.165, 1.54) is 0 Å². The van der Waals surface area contributed by atoms with Gasteiger partial charge in [-0.05, 0) is 6.42 Å².